The van der Waals surface area contributed by atoms with Crippen molar-refractivity contribution >= 4 is 41.2 Å². The molecular formula is C23H21ClN6O4. The predicted molar refractivity (Wildman–Crippen MR) is 129 cm³/mol. The second kappa shape index (κ2) is 9.87. The number of nitrogens with two attached hydrogens (primary N) is 1. The molecule has 0 saturated carbocycles. The van der Waals surface area contributed by atoms with Gasteiger partial charge in [-0.25, -0.2) is 9.79 Å². The third kappa shape index (κ3) is 4.84. The van der Waals surface area contributed by atoms with Crippen LogP contribution in [0.2, 0.25) is 5.02 Å². The number of carbonyl (C=O) groups is 2. The Morgan fingerprint density at radius 3 is 2.62 bits per heavy atom. The number of rotatable bonds is 7. The van der Waals surface area contributed by atoms with Crippen molar-refractivity contribution in [1.29, 1.82) is 0 Å². The lowest BCUT2D eigenvalue weighted by Gasteiger charge is -2.16. The van der Waals surface area contributed by atoms with Crippen molar-refractivity contribution in [3.05, 3.63) is 81.2 Å². The van der Waals surface area contributed by atoms with E-state index in [1.807, 2.05) is 6.07 Å². The summed E-state index contributed by atoms with van der Waals surface area (Å²) in [5.74, 6) is 3.79. The number of carboxylic acid groups (broad SMARTS) is 1. The third-order valence-electron chi connectivity index (χ3n) is 5.46. The fourth-order valence-corrected chi connectivity index (χ4v) is 4.08. The average molecular weight is 481 g/mol. The Morgan fingerprint density at radius 1 is 1.15 bits per heavy atom. The lowest BCUT2D eigenvalue weighted by Crippen LogP contribution is -2.36. The van der Waals surface area contributed by atoms with Crippen LogP contribution in [0.15, 0.2) is 64.4 Å². The number of pyridine rings is 1. The van der Waals surface area contributed by atoms with Crippen molar-refractivity contribution in [1.82, 2.24) is 15.5 Å². The second-order valence-electron chi connectivity index (χ2n) is 7.58. The standard InChI is InChI=1S/C23H21ClN6O4/c24-15-3-7-19(26-12-27-29-25)18(11-15)14-9-17-6-8-20(30(17)21(31)10-14)22(32)28-16-4-1-13(2-5-16)23(33)34/h1-5,7,9-12,20,29H,6,8,25H2,(H,26,27)(H,28,32)(H,33,34)/t20-/m0/s1. The molecule has 0 radical (unpaired) electrons. The molecule has 0 saturated heterocycles. The van der Waals surface area contributed by atoms with E-state index in [-0.39, 0.29) is 17.0 Å². The van der Waals surface area contributed by atoms with Crippen LogP contribution in [0.3, 0.4) is 0 Å². The molecule has 0 spiro atoms. The molecule has 10 nitrogen and oxygen atoms in total. The first-order valence-corrected chi connectivity index (χ1v) is 10.7. The van der Waals surface area contributed by atoms with Crippen molar-refractivity contribution in [2.24, 2.45) is 10.8 Å². The Labute approximate surface area is 199 Å². The molecule has 2 aromatic carbocycles. The van der Waals surface area contributed by atoms with Gasteiger partial charge in [0, 0.05) is 28.0 Å². The predicted octanol–water partition coefficient (Wildman–Crippen LogP) is 2.62. The highest BCUT2D eigenvalue weighted by Crippen LogP contribution is 2.34. The first-order chi connectivity index (χ1) is 16.4. The smallest absolute Gasteiger partial charge is 0.335 e. The fourth-order valence-electron chi connectivity index (χ4n) is 3.91. The molecule has 11 heteroatoms. The first kappa shape index (κ1) is 23.2. The first-order valence-electron chi connectivity index (χ1n) is 10.3. The molecule has 1 amide bonds. The summed E-state index contributed by atoms with van der Waals surface area (Å²) in [6, 6.07) is 13.6. The minimum absolute atomic E-state index is 0.118. The van der Waals surface area contributed by atoms with Gasteiger partial charge in [-0.05, 0) is 66.9 Å². The zero-order chi connectivity index (χ0) is 24.2. The molecule has 1 aliphatic rings. The molecule has 34 heavy (non-hydrogen) atoms. The van der Waals surface area contributed by atoms with Gasteiger partial charge in [0.25, 0.3) is 5.56 Å². The van der Waals surface area contributed by atoms with E-state index >= 15 is 0 Å². The number of aryl methyl sites for hydroxylation is 1. The molecule has 2 heterocycles. The number of aromatic carboxylic acids is 1. The largest absolute Gasteiger partial charge is 0.478 e. The molecule has 3 aromatic rings. The van der Waals surface area contributed by atoms with Gasteiger partial charge in [-0.1, -0.05) is 11.6 Å². The van der Waals surface area contributed by atoms with E-state index in [0.717, 1.165) is 5.69 Å². The minimum Gasteiger partial charge on any atom is -0.478 e. The molecule has 0 unspecified atom stereocenters. The van der Waals surface area contributed by atoms with E-state index in [4.69, 9.17) is 22.6 Å². The summed E-state index contributed by atoms with van der Waals surface area (Å²) in [5.41, 5.74) is 7.66. The Hall–Kier alpha value is -3.99. The Morgan fingerprint density at radius 2 is 1.91 bits per heavy atom. The van der Waals surface area contributed by atoms with E-state index in [2.05, 4.69) is 21.3 Å². The average Bonchev–Trinajstić information content (AvgIpc) is 3.25. The molecule has 1 aromatic heterocycles. The van der Waals surface area contributed by atoms with Crippen LogP contribution in [0.25, 0.3) is 11.1 Å². The number of nitrogens with zero attached hydrogens (tertiary/aromatic N) is 2. The Balaban J connectivity index is 1.62. The number of aromatic nitrogens is 1. The van der Waals surface area contributed by atoms with Gasteiger partial charge in [-0.2, -0.15) is 5.53 Å². The van der Waals surface area contributed by atoms with Gasteiger partial charge in [-0.15, -0.1) is 0 Å². The second-order valence-corrected chi connectivity index (χ2v) is 8.01. The van der Waals surface area contributed by atoms with Gasteiger partial charge < -0.3 is 15.0 Å². The maximum Gasteiger partial charge on any atom is 0.335 e. The van der Waals surface area contributed by atoms with Crippen LogP contribution >= 0.6 is 11.6 Å². The highest BCUT2D eigenvalue weighted by molar-refractivity contribution is 6.31. The number of halogens is 1. The Bertz CT molecular complexity index is 1340. The number of hydrogen-bond acceptors (Lipinski definition) is 6. The third-order valence-corrected chi connectivity index (χ3v) is 5.69. The van der Waals surface area contributed by atoms with Crippen LogP contribution < -0.4 is 27.7 Å². The number of benzene rings is 2. The molecule has 1 aliphatic heterocycles. The number of carboxylic acids is 1. The number of carbonyl (C=O) groups excluding carboxylic acids is 1. The lowest BCUT2D eigenvalue weighted by molar-refractivity contribution is -0.119. The number of nitrogens with one attached hydrogen (secondary N) is 3. The summed E-state index contributed by atoms with van der Waals surface area (Å²) in [7, 11) is 0. The van der Waals surface area contributed by atoms with E-state index in [1.165, 1.54) is 41.2 Å². The highest BCUT2D eigenvalue weighted by atomic mass is 35.5. The van der Waals surface area contributed by atoms with Crippen LogP contribution in [0.4, 0.5) is 11.4 Å². The summed E-state index contributed by atoms with van der Waals surface area (Å²) in [5, 5.41) is 12.3. The minimum atomic E-state index is -1.05. The van der Waals surface area contributed by atoms with Gasteiger partial charge >= 0.3 is 5.97 Å². The maximum absolute atomic E-state index is 13.1. The van der Waals surface area contributed by atoms with E-state index in [1.54, 1.807) is 18.2 Å². The van der Waals surface area contributed by atoms with Gasteiger partial charge in [0.05, 0.1) is 11.3 Å². The number of fused-ring (bicyclic) bond motifs is 1. The summed E-state index contributed by atoms with van der Waals surface area (Å²) in [6.45, 7) is 0. The van der Waals surface area contributed by atoms with Gasteiger partial charge in [0.15, 0.2) is 0 Å². The summed E-state index contributed by atoms with van der Waals surface area (Å²) in [6.07, 6.45) is 2.37. The maximum atomic E-state index is 13.1. The van der Waals surface area contributed by atoms with Crippen LogP contribution in [0.1, 0.15) is 28.5 Å². The lowest BCUT2D eigenvalue weighted by atomic mass is 10.0. The van der Waals surface area contributed by atoms with Crippen molar-refractivity contribution in [2.45, 2.75) is 18.9 Å². The molecule has 0 bridgehead atoms. The molecule has 0 fully saturated rings. The molecule has 6 N–H and O–H groups in total. The molecule has 174 valence electrons. The number of aliphatic imine (C=N–C) groups is 1. The summed E-state index contributed by atoms with van der Waals surface area (Å²) in [4.78, 5) is 41.3. The molecule has 4 rings (SSSR count). The number of hydrogen-bond donors (Lipinski definition) is 5. The zero-order valence-corrected chi connectivity index (χ0v) is 18.5. The van der Waals surface area contributed by atoms with Crippen molar-refractivity contribution in [2.75, 3.05) is 5.32 Å². The van der Waals surface area contributed by atoms with Crippen LogP contribution in [-0.4, -0.2) is 27.9 Å². The Kier molecular flexibility index (Phi) is 6.73. The molecule has 0 aliphatic carbocycles. The van der Waals surface area contributed by atoms with Crippen LogP contribution in [0.5, 0.6) is 0 Å². The van der Waals surface area contributed by atoms with Crippen molar-refractivity contribution < 1.29 is 14.7 Å². The topological polar surface area (TPSA) is 151 Å². The van der Waals surface area contributed by atoms with Gasteiger partial charge in [0.1, 0.15) is 12.4 Å². The monoisotopic (exact) mass is 480 g/mol. The number of amides is 1. The normalized spacial score (nSPS) is 14.7. The van der Waals surface area contributed by atoms with Gasteiger partial charge in [-0.3, -0.25) is 20.9 Å². The zero-order valence-electron chi connectivity index (χ0n) is 17.8. The summed E-state index contributed by atoms with van der Waals surface area (Å²) < 4.78 is 1.48. The SMILES string of the molecule is NNNC=Nc1ccc(Cl)cc1-c1cc2n(c(=O)c1)[C@H](C(=O)Nc1ccc(C(=O)O)cc1)CC2. The van der Waals surface area contributed by atoms with E-state index in [9.17, 15) is 14.4 Å². The highest BCUT2D eigenvalue weighted by Gasteiger charge is 2.30. The van der Waals surface area contributed by atoms with E-state index in [0.29, 0.717) is 40.4 Å². The molecular weight excluding hydrogens is 460 g/mol. The van der Waals surface area contributed by atoms with Crippen molar-refractivity contribution in [3.8, 4) is 11.1 Å². The number of anilines is 1. The van der Waals surface area contributed by atoms with Crippen LogP contribution in [0, 0.1) is 0 Å². The van der Waals surface area contributed by atoms with Crippen molar-refractivity contribution in [3.63, 3.8) is 0 Å². The quantitative estimate of drug-likeness (QED) is 0.151. The van der Waals surface area contributed by atoms with Crippen LogP contribution in [-0.2, 0) is 11.2 Å². The fraction of sp³-hybridized carbons (Fsp3) is 0.130. The van der Waals surface area contributed by atoms with Gasteiger partial charge in [0.2, 0.25) is 5.91 Å². The summed E-state index contributed by atoms with van der Waals surface area (Å²) >= 11 is 6.19. The van der Waals surface area contributed by atoms with E-state index < -0.39 is 12.0 Å². The molecule has 1 atom stereocenters. The number of hydrazine groups is 2.